The van der Waals surface area contributed by atoms with Crippen LogP contribution in [-0.4, -0.2) is 29.6 Å². The summed E-state index contributed by atoms with van der Waals surface area (Å²) in [5.41, 5.74) is 2.90. The van der Waals surface area contributed by atoms with Crippen LogP contribution in [0.5, 0.6) is 11.5 Å². The van der Waals surface area contributed by atoms with Crippen molar-refractivity contribution in [2.75, 3.05) is 19.5 Å². The second kappa shape index (κ2) is 6.67. The number of anilines is 1. The molecule has 0 amide bonds. The van der Waals surface area contributed by atoms with Gasteiger partial charge in [0.15, 0.2) is 11.5 Å². The number of nitrogens with one attached hydrogen (secondary N) is 1. The van der Waals surface area contributed by atoms with Crippen molar-refractivity contribution in [3.05, 3.63) is 42.6 Å². The first-order valence-corrected chi connectivity index (χ1v) is 8.76. The molecule has 1 saturated carbocycles. The van der Waals surface area contributed by atoms with Crippen LogP contribution in [0.2, 0.25) is 0 Å². The Labute approximate surface area is 147 Å². The highest BCUT2D eigenvalue weighted by molar-refractivity contribution is 5.78. The number of rotatable bonds is 5. The summed E-state index contributed by atoms with van der Waals surface area (Å²) in [6, 6.07) is 12.5. The van der Waals surface area contributed by atoms with Gasteiger partial charge in [-0.2, -0.15) is 0 Å². The maximum Gasteiger partial charge on any atom is 0.161 e. The van der Waals surface area contributed by atoms with E-state index >= 15 is 0 Å². The Morgan fingerprint density at radius 3 is 2.60 bits per heavy atom. The molecule has 1 fully saturated rings. The van der Waals surface area contributed by atoms with Gasteiger partial charge in [-0.05, 0) is 43.2 Å². The number of fused-ring (bicyclic) bond motifs is 1. The average Bonchev–Trinajstić information content (AvgIpc) is 3.30. The summed E-state index contributed by atoms with van der Waals surface area (Å²) in [7, 11) is 3.30. The number of benzene rings is 1. The number of pyridine rings is 1. The van der Waals surface area contributed by atoms with Crippen LogP contribution in [0, 0.1) is 0 Å². The summed E-state index contributed by atoms with van der Waals surface area (Å²) in [6.45, 7) is 0. The van der Waals surface area contributed by atoms with E-state index in [1.165, 1.54) is 25.7 Å². The summed E-state index contributed by atoms with van der Waals surface area (Å²) in [5.74, 6) is 2.49. The molecule has 0 radical (unpaired) electrons. The van der Waals surface area contributed by atoms with Gasteiger partial charge in [-0.1, -0.05) is 18.9 Å². The molecule has 4 rings (SSSR count). The lowest BCUT2D eigenvalue weighted by Gasteiger charge is -2.15. The molecule has 0 spiro atoms. The Bertz CT molecular complexity index is 882. The predicted octanol–water partition coefficient (Wildman–Crippen LogP) is 4.37. The van der Waals surface area contributed by atoms with Crippen LogP contribution in [0.4, 0.5) is 5.82 Å². The molecule has 0 bridgehead atoms. The summed E-state index contributed by atoms with van der Waals surface area (Å²) < 4.78 is 13.0. The number of ether oxygens (including phenoxy) is 2. The van der Waals surface area contributed by atoms with E-state index in [2.05, 4.69) is 15.9 Å². The highest BCUT2D eigenvalue weighted by Crippen LogP contribution is 2.36. The van der Waals surface area contributed by atoms with Gasteiger partial charge in [-0.25, -0.2) is 4.98 Å². The van der Waals surface area contributed by atoms with Crippen molar-refractivity contribution in [1.82, 2.24) is 9.38 Å². The van der Waals surface area contributed by atoms with E-state index in [-0.39, 0.29) is 0 Å². The van der Waals surface area contributed by atoms with Crippen molar-refractivity contribution in [2.45, 2.75) is 31.7 Å². The molecule has 1 N–H and O–H groups in total. The zero-order valence-electron chi connectivity index (χ0n) is 14.7. The van der Waals surface area contributed by atoms with E-state index in [1.807, 2.05) is 36.4 Å². The van der Waals surface area contributed by atoms with Crippen LogP contribution in [0.1, 0.15) is 25.7 Å². The Kier molecular flexibility index (Phi) is 4.22. The van der Waals surface area contributed by atoms with Gasteiger partial charge in [0.25, 0.3) is 0 Å². The number of nitrogens with zero attached hydrogens (tertiary/aromatic N) is 2. The molecule has 0 saturated heterocycles. The molecule has 25 heavy (non-hydrogen) atoms. The third-order valence-corrected chi connectivity index (χ3v) is 4.88. The van der Waals surface area contributed by atoms with E-state index in [9.17, 15) is 0 Å². The number of methoxy groups -OCH3 is 2. The van der Waals surface area contributed by atoms with Crippen LogP contribution < -0.4 is 14.8 Å². The lowest BCUT2D eigenvalue weighted by atomic mass is 10.1. The fourth-order valence-electron chi connectivity index (χ4n) is 3.58. The van der Waals surface area contributed by atoms with E-state index in [0.29, 0.717) is 11.8 Å². The lowest BCUT2D eigenvalue weighted by Crippen LogP contribution is -2.16. The summed E-state index contributed by atoms with van der Waals surface area (Å²) in [4.78, 5) is 4.86. The maximum atomic E-state index is 5.47. The number of hydrogen-bond donors (Lipinski definition) is 1. The molecule has 2 aromatic heterocycles. The summed E-state index contributed by atoms with van der Waals surface area (Å²) >= 11 is 0. The number of imidazole rings is 1. The van der Waals surface area contributed by atoms with Crippen molar-refractivity contribution in [3.8, 4) is 22.8 Å². The Balaban J connectivity index is 1.83. The molecule has 2 heterocycles. The standard InChI is InChI=1S/C20H23N3O2/c1-24-16-11-10-14(13-17(16)25-2)19-20(21-15-7-3-4-8-15)23-12-6-5-9-18(23)22-19/h5-6,9-13,15,21H,3-4,7-8H2,1-2H3. The van der Waals surface area contributed by atoms with Crippen LogP contribution in [-0.2, 0) is 0 Å². The summed E-state index contributed by atoms with van der Waals surface area (Å²) in [6.07, 6.45) is 7.07. The van der Waals surface area contributed by atoms with E-state index < -0.39 is 0 Å². The average molecular weight is 337 g/mol. The second-order valence-corrected chi connectivity index (χ2v) is 6.43. The SMILES string of the molecule is COc1ccc(-c2nc3ccccn3c2NC2CCCC2)cc1OC. The molecule has 0 atom stereocenters. The van der Waals surface area contributed by atoms with Crippen LogP contribution in [0.15, 0.2) is 42.6 Å². The molecule has 1 aliphatic rings. The molecule has 1 aromatic carbocycles. The minimum absolute atomic E-state index is 0.513. The van der Waals surface area contributed by atoms with Gasteiger partial charge in [0, 0.05) is 17.8 Å². The first-order chi connectivity index (χ1) is 12.3. The van der Waals surface area contributed by atoms with Gasteiger partial charge in [0.1, 0.15) is 17.2 Å². The van der Waals surface area contributed by atoms with Crippen molar-refractivity contribution in [2.24, 2.45) is 0 Å². The normalized spacial score (nSPS) is 14.8. The Morgan fingerprint density at radius 2 is 1.84 bits per heavy atom. The molecule has 1 aliphatic carbocycles. The van der Waals surface area contributed by atoms with Gasteiger partial charge < -0.3 is 14.8 Å². The second-order valence-electron chi connectivity index (χ2n) is 6.43. The molecule has 3 aromatic rings. The Morgan fingerprint density at radius 1 is 1.04 bits per heavy atom. The molecule has 5 heteroatoms. The minimum atomic E-state index is 0.513. The van der Waals surface area contributed by atoms with Crippen molar-refractivity contribution < 1.29 is 9.47 Å². The van der Waals surface area contributed by atoms with Gasteiger partial charge in [0.2, 0.25) is 0 Å². The summed E-state index contributed by atoms with van der Waals surface area (Å²) in [5, 5.41) is 3.73. The number of aromatic nitrogens is 2. The zero-order chi connectivity index (χ0) is 17.2. The number of hydrogen-bond acceptors (Lipinski definition) is 4. The quantitative estimate of drug-likeness (QED) is 0.751. The van der Waals surface area contributed by atoms with Crippen molar-refractivity contribution in [1.29, 1.82) is 0 Å². The van der Waals surface area contributed by atoms with Crippen LogP contribution in [0.3, 0.4) is 0 Å². The third kappa shape index (κ3) is 2.90. The highest BCUT2D eigenvalue weighted by atomic mass is 16.5. The van der Waals surface area contributed by atoms with E-state index in [4.69, 9.17) is 14.5 Å². The van der Waals surface area contributed by atoms with Gasteiger partial charge in [-0.3, -0.25) is 4.40 Å². The van der Waals surface area contributed by atoms with Crippen LogP contribution >= 0.6 is 0 Å². The van der Waals surface area contributed by atoms with Crippen LogP contribution in [0.25, 0.3) is 16.9 Å². The van der Waals surface area contributed by atoms with Crippen molar-refractivity contribution in [3.63, 3.8) is 0 Å². The van der Waals surface area contributed by atoms with E-state index in [0.717, 1.165) is 28.5 Å². The van der Waals surface area contributed by atoms with E-state index in [1.54, 1.807) is 14.2 Å². The zero-order valence-corrected chi connectivity index (χ0v) is 14.7. The molecule has 0 unspecified atom stereocenters. The molecular formula is C20H23N3O2. The third-order valence-electron chi connectivity index (χ3n) is 4.88. The largest absolute Gasteiger partial charge is 0.493 e. The smallest absolute Gasteiger partial charge is 0.161 e. The Hall–Kier alpha value is -2.69. The predicted molar refractivity (Wildman–Crippen MR) is 99.6 cm³/mol. The molecule has 5 nitrogen and oxygen atoms in total. The topological polar surface area (TPSA) is 47.8 Å². The van der Waals surface area contributed by atoms with Gasteiger partial charge in [-0.15, -0.1) is 0 Å². The monoisotopic (exact) mass is 337 g/mol. The minimum Gasteiger partial charge on any atom is -0.493 e. The van der Waals surface area contributed by atoms with Gasteiger partial charge in [0.05, 0.1) is 14.2 Å². The first kappa shape index (κ1) is 15.8. The van der Waals surface area contributed by atoms with Crippen molar-refractivity contribution >= 4 is 11.5 Å². The molecule has 0 aliphatic heterocycles. The fourth-order valence-corrected chi connectivity index (χ4v) is 3.58. The first-order valence-electron chi connectivity index (χ1n) is 8.76. The maximum absolute atomic E-state index is 5.47. The fraction of sp³-hybridized carbons (Fsp3) is 0.350. The van der Waals surface area contributed by atoms with Gasteiger partial charge >= 0.3 is 0 Å². The molecule has 130 valence electrons. The lowest BCUT2D eigenvalue weighted by molar-refractivity contribution is 0.355. The highest BCUT2D eigenvalue weighted by Gasteiger charge is 2.21. The molecular weight excluding hydrogens is 314 g/mol.